The van der Waals surface area contributed by atoms with Crippen molar-refractivity contribution >= 4 is 37.8 Å². The summed E-state index contributed by atoms with van der Waals surface area (Å²) >= 11 is 6.86. The van der Waals surface area contributed by atoms with Crippen LogP contribution in [0.5, 0.6) is 5.75 Å². The van der Waals surface area contributed by atoms with Gasteiger partial charge in [-0.3, -0.25) is 4.79 Å². The van der Waals surface area contributed by atoms with Gasteiger partial charge < -0.3 is 10.1 Å². The lowest BCUT2D eigenvalue weighted by Crippen LogP contribution is -2.48. The van der Waals surface area contributed by atoms with Crippen molar-refractivity contribution in [1.82, 2.24) is 5.32 Å². The maximum absolute atomic E-state index is 12.1. The summed E-state index contributed by atoms with van der Waals surface area (Å²) in [7, 11) is 1.59. The van der Waals surface area contributed by atoms with E-state index in [4.69, 9.17) is 4.74 Å². The van der Waals surface area contributed by atoms with Gasteiger partial charge in [-0.05, 0) is 48.0 Å². The fourth-order valence-corrected chi connectivity index (χ4v) is 1.93. The molecule has 1 amide bonds. The van der Waals surface area contributed by atoms with Crippen molar-refractivity contribution in [3.8, 4) is 5.75 Å². The van der Waals surface area contributed by atoms with E-state index in [1.807, 2.05) is 20.8 Å². The average molecular weight is 379 g/mol. The Hall–Kier alpha value is -0.550. The standard InChI is InChI=1S/C13H17Br2NO2/c1-8(14)13(2,3)16-12(17)9-5-6-11(18-4)10(15)7-9/h5-8H,1-4H3,(H,16,17). The third-order valence-corrected chi connectivity index (χ3v) is 4.61. The van der Waals surface area contributed by atoms with Crippen LogP contribution >= 0.6 is 31.9 Å². The zero-order valence-corrected chi connectivity index (χ0v) is 14.1. The first kappa shape index (κ1) is 15.5. The number of ether oxygens (including phenoxy) is 1. The van der Waals surface area contributed by atoms with Crippen molar-refractivity contribution in [2.45, 2.75) is 31.1 Å². The smallest absolute Gasteiger partial charge is 0.251 e. The van der Waals surface area contributed by atoms with Crippen LogP contribution in [0.4, 0.5) is 0 Å². The van der Waals surface area contributed by atoms with Gasteiger partial charge in [0, 0.05) is 15.9 Å². The van der Waals surface area contributed by atoms with Crippen molar-refractivity contribution in [3.05, 3.63) is 28.2 Å². The highest BCUT2D eigenvalue weighted by atomic mass is 79.9. The largest absolute Gasteiger partial charge is 0.496 e. The number of rotatable bonds is 4. The molecule has 1 rings (SSSR count). The van der Waals surface area contributed by atoms with Crippen LogP contribution in [0, 0.1) is 0 Å². The molecule has 18 heavy (non-hydrogen) atoms. The van der Waals surface area contributed by atoms with Gasteiger partial charge in [-0.25, -0.2) is 0 Å². The second-order valence-corrected chi connectivity index (χ2v) is 6.87. The number of alkyl halides is 1. The van der Waals surface area contributed by atoms with Gasteiger partial charge in [0.25, 0.3) is 5.91 Å². The first-order valence-corrected chi connectivity index (χ1v) is 7.29. The minimum atomic E-state index is -0.316. The molecule has 1 aromatic carbocycles. The van der Waals surface area contributed by atoms with E-state index in [2.05, 4.69) is 37.2 Å². The molecule has 0 radical (unpaired) electrons. The zero-order chi connectivity index (χ0) is 13.9. The van der Waals surface area contributed by atoms with Crippen molar-refractivity contribution in [1.29, 1.82) is 0 Å². The summed E-state index contributed by atoms with van der Waals surface area (Å²) in [6, 6.07) is 5.26. The number of nitrogens with one attached hydrogen (secondary N) is 1. The van der Waals surface area contributed by atoms with E-state index >= 15 is 0 Å². The number of benzene rings is 1. The number of amides is 1. The first-order valence-electron chi connectivity index (χ1n) is 5.58. The molecule has 0 aliphatic carbocycles. The van der Waals surface area contributed by atoms with Crippen LogP contribution in [-0.4, -0.2) is 23.4 Å². The number of methoxy groups -OCH3 is 1. The summed E-state index contributed by atoms with van der Waals surface area (Å²) in [5.74, 6) is 0.606. The summed E-state index contributed by atoms with van der Waals surface area (Å²) in [5.41, 5.74) is 0.285. The highest BCUT2D eigenvalue weighted by molar-refractivity contribution is 9.10. The highest BCUT2D eigenvalue weighted by Gasteiger charge is 2.26. The second-order valence-electron chi connectivity index (χ2n) is 4.64. The van der Waals surface area contributed by atoms with Gasteiger partial charge in [0.05, 0.1) is 11.6 Å². The lowest BCUT2D eigenvalue weighted by molar-refractivity contribution is 0.0914. The highest BCUT2D eigenvalue weighted by Crippen LogP contribution is 2.26. The van der Waals surface area contributed by atoms with Crippen LogP contribution in [0.15, 0.2) is 22.7 Å². The number of carbonyl (C=O) groups excluding carboxylic acids is 1. The summed E-state index contributed by atoms with van der Waals surface area (Å²) < 4.78 is 5.90. The average Bonchev–Trinajstić information content (AvgIpc) is 2.28. The molecular weight excluding hydrogens is 362 g/mol. The van der Waals surface area contributed by atoms with Gasteiger partial charge in [-0.2, -0.15) is 0 Å². The normalized spacial score (nSPS) is 13.0. The molecule has 1 atom stereocenters. The Bertz CT molecular complexity index is 445. The van der Waals surface area contributed by atoms with E-state index in [1.165, 1.54) is 0 Å². The molecule has 0 spiro atoms. The maximum Gasteiger partial charge on any atom is 0.251 e. The van der Waals surface area contributed by atoms with Gasteiger partial charge in [-0.15, -0.1) is 0 Å². The van der Waals surface area contributed by atoms with Gasteiger partial charge in [0.2, 0.25) is 0 Å². The molecule has 5 heteroatoms. The van der Waals surface area contributed by atoms with Gasteiger partial charge in [-0.1, -0.05) is 22.9 Å². The molecule has 0 saturated carbocycles. The van der Waals surface area contributed by atoms with E-state index in [-0.39, 0.29) is 16.3 Å². The molecule has 0 heterocycles. The summed E-state index contributed by atoms with van der Waals surface area (Å²) in [4.78, 5) is 12.3. The third-order valence-electron chi connectivity index (χ3n) is 2.84. The molecule has 0 bridgehead atoms. The van der Waals surface area contributed by atoms with E-state index in [1.54, 1.807) is 25.3 Å². The molecule has 0 aromatic heterocycles. The van der Waals surface area contributed by atoms with E-state index in [9.17, 15) is 4.79 Å². The predicted octanol–water partition coefficient (Wildman–Crippen LogP) is 3.75. The molecule has 1 N–H and O–H groups in total. The fourth-order valence-electron chi connectivity index (χ4n) is 1.27. The lowest BCUT2D eigenvalue weighted by atomic mass is 10.0. The minimum absolute atomic E-state index is 0.102. The first-order chi connectivity index (χ1) is 8.27. The molecule has 0 fully saturated rings. The predicted molar refractivity (Wildman–Crippen MR) is 80.6 cm³/mol. The van der Waals surface area contributed by atoms with Gasteiger partial charge in [0.15, 0.2) is 0 Å². The van der Waals surface area contributed by atoms with E-state index < -0.39 is 0 Å². The molecule has 3 nitrogen and oxygen atoms in total. The monoisotopic (exact) mass is 377 g/mol. The summed E-state index contributed by atoms with van der Waals surface area (Å²) in [6.45, 7) is 5.95. The number of hydrogen-bond donors (Lipinski definition) is 1. The maximum atomic E-state index is 12.1. The molecule has 1 unspecified atom stereocenters. The van der Waals surface area contributed by atoms with Crippen molar-refractivity contribution in [2.75, 3.05) is 7.11 Å². The Morgan fingerprint density at radius 2 is 2.06 bits per heavy atom. The Morgan fingerprint density at radius 3 is 2.50 bits per heavy atom. The van der Waals surface area contributed by atoms with Crippen LogP contribution < -0.4 is 10.1 Å². The van der Waals surface area contributed by atoms with Gasteiger partial charge in [0.1, 0.15) is 5.75 Å². The number of carbonyl (C=O) groups is 1. The van der Waals surface area contributed by atoms with Crippen LogP contribution in [0.1, 0.15) is 31.1 Å². The second kappa shape index (κ2) is 6.06. The molecule has 0 saturated heterocycles. The van der Waals surface area contributed by atoms with Crippen molar-refractivity contribution in [2.24, 2.45) is 0 Å². The lowest BCUT2D eigenvalue weighted by Gasteiger charge is -2.29. The Labute approximate surface area is 125 Å². The van der Waals surface area contributed by atoms with Crippen LogP contribution in [0.25, 0.3) is 0 Å². The van der Waals surface area contributed by atoms with Gasteiger partial charge >= 0.3 is 0 Å². The zero-order valence-electron chi connectivity index (χ0n) is 10.9. The Kier molecular flexibility index (Phi) is 5.22. The van der Waals surface area contributed by atoms with E-state index in [0.717, 1.165) is 4.47 Å². The fraction of sp³-hybridized carbons (Fsp3) is 0.462. The number of halogens is 2. The van der Waals surface area contributed by atoms with Crippen molar-refractivity contribution < 1.29 is 9.53 Å². The minimum Gasteiger partial charge on any atom is -0.496 e. The molecule has 0 aliphatic rings. The molecule has 1 aromatic rings. The number of hydrogen-bond acceptors (Lipinski definition) is 2. The Morgan fingerprint density at radius 1 is 1.44 bits per heavy atom. The Balaban J connectivity index is 2.89. The molecule has 0 aliphatic heterocycles. The van der Waals surface area contributed by atoms with E-state index in [0.29, 0.717) is 11.3 Å². The van der Waals surface area contributed by atoms with Crippen LogP contribution in [0.2, 0.25) is 0 Å². The van der Waals surface area contributed by atoms with Crippen LogP contribution in [-0.2, 0) is 0 Å². The van der Waals surface area contributed by atoms with Crippen molar-refractivity contribution in [3.63, 3.8) is 0 Å². The SMILES string of the molecule is COc1ccc(C(=O)NC(C)(C)C(C)Br)cc1Br. The topological polar surface area (TPSA) is 38.3 Å². The molecule has 100 valence electrons. The summed E-state index contributed by atoms with van der Waals surface area (Å²) in [5, 5.41) is 2.99. The third kappa shape index (κ3) is 3.72. The quantitative estimate of drug-likeness (QED) is 0.810. The van der Waals surface area contributed by atoms with Crippen LogP contribution in [0.3, 0.4) is 0 Å². The summed E-state index contributed by atoms with van der Waals surface area (Å²) in [6.07, 6.45) is 0. The molecular formula is C13H17Br2NO2.